The van der Waals surface area contributed by atoms with Gasteiger partial charge in [0.25, 0.3) is 5.91 Å². The van der Waals surface area contributed by atoms with E-state index in [1.54, 1.807) is 6.07 Å². The maximum Gasteiger partial charge on any atom is 0.289 e. The lowest BCUT2D eigenvalue weighted by Crippen LogP contribution is -2.39. The predicted molar refractivity (Wildman–Crippen MR) is 106 cm³/mol. The molecule has 1 atom stereocenters. The van der Waals surface area contributed by atoms with Crippen LogP contribution >= 0.6 is 0 Å². The summed E-state index contributed by atoms with van der Waals surface area (Å²) in [6.45, 7) is 5.46. The van der Waals surface area contributed by atoms with E-state index in [1.165, 1.54) is 18.5 Å². The Labute approximate surface area is 163 Å². The van der Waals surface area contributed by atoms with Crippen molar-refractivity contribution in [3.8, 4) is 0 Å². The van der Waals surface area contributed by atoms with Crippen LogP contribution in [0, 0.1) is 6.92 Å². The zero-order valence-corrected chi connectivity index (χ0v) is 16.2. The second-order valence-electron chi connectivity index (χ2n) is 7.85. The van der Waals surface area contributed by atoms with E-state index in [0.717, 1.165) is 49.7 Å². The molecular weight excluding hydrogens is 354 g/mol. The van der Waals surface area contributed by atoms with Crippen molar-refractivity contribution in [2.24, 2.45) is 0 Å². The molecule has 0 radical (unpaired) electrons. The van der Waals surface area contributed by atoms with Gasteiger partial charge in [-0.15, -0.1) is 0 Å². The lowest BCUT2D eigenvalue weighted by Gasteiger charge is -2.30. The fourth-order valence-corrected chi connectivity index (χ4v) is 4.30. The van der Waals surface area contributed by atoms with Crippen molar-refractivity contribution >= 4 is 17.2 Å². The molecule has 0 bridgehead atoms. The van der Waals surface area contributed by atoms with Gasteiger partial charge in [0.15, 0.2) is 17.2 Å². The minimum atomic E-state index is -0.0436. The SMILES string of the molecule is Cc1ccc(C(=O)N2CCC[C@@H](c3nc4ccc(N5CCCC5)cn4n3)C2)o1. The highest BCUT2D eigenvalue weighted by Gasteiger charge is 2.29. The summed E-state index contributed by atoms with van der Waals surface area (Å²) in [5.74, 6) is 2.11. The van der Waals surface area contributed by atoms with Crippen LogP contribution in [0.2, 0.25) is 0 Å². The molecule has 2 fully saturated rings. The number of nitrogens with zero attached hydrogens (tertiary/aromatic N) is 5. The average Bonchev–Trinajstić information content (AvgIpc) is 3.47. The monoisotopic (exact) mass is 379 g/mol. The van der Waals surface area contributed by atoms with Gasteiger partial charge < -0.3 is 14.2 Å². The molecule has 0 saturated carbocycles. The molecule has 28 heavy (non-hydrogen) atoms. The number of carbonyl (C=O) groups excluding carboxylic acids is 1. The van der Waals surface area contributed by atoms with Gasteiger partial charge in [-0.1, -0.05) is 0 Å². The Hall–Kier alpha value is -2.83. The van der Waals surface area contributed by atoms with Crippen LogP contribution in [0.4, 0.5) is 5.69 Å². The number of pyridine rings is 1. The summed E-state index contributed by atoms with van der Waals surface area (Å²) in [5, 5.41) is 4.76. The van der Waals surface area contributed by atoms with Crippen molar-refractivity contribution in [2.45, 2.75) is 38.5 Å². The first-order chi connectivity index (χ1) is 13.7. The molecule has 0 aromatic carbocycles. The number of aromatic nitrogens is 3. The van der Waals surface area contributed by atoms with Crippen molar-refractivity contribution in [3.05, 3.63) is 47.8 Å². The summed E-state index contributed by atoms with van der Waals surface area (Å²) in [5.41, 5.74) is 2.07. The first-order valence-electron chi connectivity index (χ1n) is 10.1. The third kappa shape index (κ3) is 3.15. The third-order valence-electron chi connectivity index (χ3n) is 5.83. The van der Waals surface area contributed by atoms with Gasteiger partial charge in [-0.05, 0) is 56.9 Å². The number of hydrogen-bond donors (Lipinski definition) is 0. The number of piperidine rings is 1. The zero-order valence-electron chi connectivity index (χ0n) is 16.2. The maximum absolute atomic E-state index is 12.7. The molecule has 2 aliphatic rings. The smallest absolute Gasteiger partial charge is 0.289 e. The molecule has 3 aromatic rings. The summed E-state index contributed by atoms with van der Waals surface area (Å²) in [6, 6.07) is 7.76. The Balaban J connectivity index is 1.36. The van der Waals surface area contributed by atoms with Crippen LogP contribution in [0.3, 0.4) is 0 Å². The highest BCUT2D eigenvalue weighted by Crippen LogP contribution is 2.27. The van der Waals surface area contributed by atoms with E-state index in [-0.39, 0.29) is 11.8 Å². The van der Waals surface area contributed by atoms with Crippen LogP contribution in [-0.4, -0.2) is 51.6 Å². The molecule has 5 heterocycles. The van der Waals surface area contributed by atoms with Crippen molar-refractivity contribution in [3.63, 3.8) is 0 Å². The van der Waals surface area contributed by atoms with Crippen LogP contribution in [0.25, 0.3) is 5.65 Å². The maximum atomic E-state index is 12.7. The van der Waals surface area contributed by atoms with Gasteiger partial charge in [-0.3, -0.25) is 4.79 Å². The number of amides is 1. The molecule has 5 rings (SSSR count). The van der Waals surface area contributed by atoms with Crippen LogP contribution in [0.15, 0.2) is 34.9 Å². The van der Waals surface area contributed by atoms with Crippen molar-refractivity contribution in [1.29, 1.82) is 0 Å². The number of rotatable bonds is 3. The van der Waals surface area contributed by atoms with E-state index >= 15 is 0 Å². The van der Waals surface area contributed by atoms with E-state index in [2.05, 4.69) is 17.2 Å². The number of fused-ring (bicyclic) bond motifs is 1. The van der Waals surface area contributed by atoms with E-state index in [0.29, 0.717) is 12.3 Å². The Morgan fingerprint density at radius 1 is 1.11 bits per heavy atom. The minimum Gasteiger partial charge on any atom is -0.456 e. The first-order valence-corrected chi connectivity index (χ1v) is 10.1. The normalized spacial score (nSPS) is 20.2. The molecule has 7 heteroatoms. The van der Waals surface area contributed by atoms with Gasteiger partial charge in [-0.2, -0.15) is 5.10 Å². The molecular formula is C21H25N5O2. The third-order valence-corrected chi connectivity index (χ3v) is 5.83. The molecule has 0 spiro atoms. The van der Waals surface area contributed by atoms with Gasteiger partial charge in [0, 0.05) is 32.1 Å². The molecule has 2 saturated heterocycles. The Kier molecular flexibility index (Phi) is 4.30. The molecule has 1 amide bonds. The summed E-state index contributed by atoms with van der Waals surface area (Å²) in [4.78, 5) is 21.7. The molecule has 146 valence electrons. The van der Waals surface area contributed by atoms with Crippen LogP contribution in [0.1, 0.15) is 53.7 Å². The molecule has 0 N–H and O–H groups in total. The van der Waals surface area contributed by atoms with Crippen LogP contribution in [0.5, 0.6) is 0 Å². The second kappa shape index (κ2) is 6.96. The Morgan fingerprint density at radius 2 is 1.96 bits per heavy atom. The van der Waals surface area contributed by atoms with Crippen molar-refractivity contribution < 1.29 is 9.21 Å². The summed E-state index contributed by atoms with van der Waals surface area (Å²) >= 11 is 0. The summed E-state index contributed by atoms with van der Waals surface area (Å²) in [7, 11) is 0. The number of hydrogen-bond acceptors (Lipinski definition) is 5. The van der Waals surface area contributed by atoms with Gasteiger partial charge in [0.1, 0.15) is 5.76 Å². The standard InChI is InChI=1S/C21H25N5O2/c1-15-6-8-18(28-15)21(27)25-12-4-5-16(13-25)20-22-19-9-7-17(14-26(19)23-20)24-10-2-3-11-24/h6-9,14,16H,2-5,10-13H2,1H3/t16-/m1/s1. The molecule has 0 aliphatic carbocycles. The highest BCUT2D eigenvalue weighted by atomic mass is 16.3. The van der Waals surface area contributed by atoms with Gasteiger partial charge in [0.2, 0.25) is 0 Å². The largest absolute Gasteiger partial charge is 0.456 e. The number of likely N-dealkylation sites (tertiary alicyclic amines) is 1. The molecule has 0 unspecified atom stereocenters. The van der Waals surface area contributed by atoms with E-state index < -0.39 is 0 Å². The van der Waals surface area contributed by atoms with E-state index in [9.17, 15) is 4.79 Å². The second-order valence-corrected chi connectivity index (χ2v) is 7.85. The zero-order chi connectivity index (χ0) is 19.1. The lowest BCUT2D eigenvalue weighted by molar-refractivity contribution is 0.0671. The van der Waals surface area contributed by atoms with Crippen molar-refractivity contribution in [2.75, 3.05) is 31.1 Å². The average molecular weight is 379 g/mol. The molecule has 3 aromatic heterocycles. The Morgan fingerprint density at radius 3 is 2.75 bits per heavy atom. The number of carbonyl (C=O) groups is 1. The van der Waals surface area contributed by atoms with Crippen LogP contribution < -0.4 is 4.90 Å². The predicted octanol–water partition coefficient (Wildman–Crippen LogP) is 3.25. The number of aryl methyl sites for hydroxylation is 1. The minimum absolute atomic E-state index is 0.0436. The number of anilines is 1. The fourth-order valence-electron chi connectivity index (χ4n) is 4.30. The molecule has 2 aliphatic heterocycles. The summed E-state index contributed by atoms with van der Waals surface area (Å²) < 4.78 is 7.41. The number of furan rings is 1. The highest BCUT2D eigenvalue weighted by molar-refractivity contribution is 5.91. The van der Waals surface area contributed by atoms with Gasteiger partial charge >= 0.3 is 0 Å². The van der Waals surface area contributed by atoms with Gasteiger partial charge in [-0.25, -0.2) is 9.50 Å². The topological polar surface area (TPSA) is 66.9 Å². The molecule has 7 nitrogen and oxygen atoms in total. The van der Waals surface area contributed by atoms with Gasteiger partial charge in [0.05, 0.1) is 11.9 Å². The van der Waals surface area contributed by atoms with E-state index in [1.807, 2.05) is 28.5 Å². The Bertz CT molecular complexity index is 1000. The quantitative estimate of drug-likeness (QED) is 0.699. The first kappa shape index (κ1) is 17.3. The van der Waals surface area contributed by atoms with Crippen LogP contribution in [-0.2, 0) is 0 Å². The van der Waals surface area contributed by atoms with Crippen molar-refractivity contribution in [1.82, 2.24) is 19.5 Å². The van der Waals surface area contributed by atoms with E-state index in [4.69, 9.17) is 14.5 Å². The summed E-state index contributed by atoms with van der Waals surface area (Å²) in [6.07, 6.45) is 6.53. The lowest BCUT2D eigenvalue weighted by atomic mass is 9.97. The fraction of sp³-hybridized carbons (Fsp3) is 0.476.